The summed E-state index contributed by atoms with van der Waals surface area (Å²) in [6.45, 7) is 1.99. The molecule has 0 atom stereocenters. The Bertz CT molecular complexity index is 713. The lowest BCUT2D eigenvalue weighted by atomic mass is 9.82. The number of esters is 2. The second-order valence-corrected chi connectivity index (χ2v) is 6.52. The molecular formula is C21H22O4. The summed E-state index contributed by atoms with van der Waals surface area (Å²) in [5.74, 6) is 0.413. The van der Waals surface area contributed by atoms with Gasteiger partial charge >= 0.3 is 11.9 Å². The number of para-hydroxylation sites is 1. The summed E-state index contributed by atoms with van der Waals surface area (Å²) in [5.41, 5.74) is 1.12. The summed E-state index contributed by atoms with van der Waals surface area (Å²) in [4.78, 5) is 24.5. The number of ether oxygens (including phenoxy) is 2. The maximum atomic E-state index is 12.3. The van der Waals surface area contributed by atoms with Gasteiger partial charge < -0.3 is 9.47 Å². The Morgan fingerprint density at radius 3 is 1.64 bits per heavy atom. The van der Waals surface area contributed by atoms with Gasteiger partial charge in [-0.15, -0.1) is 0 Å². The zero-order valence-corrected chi connectivity index (χ0v) is 14.3. The molecule has 0 aliphatic heterocycles. The maximum Gasteiger partial charge on any atom is 0.314 e. The number of carbonyl (C=O) groups excluding carboxylic acids is 2. The molecule has 1 aliphatic rings. The van der Waals surface area contributed by atoms with Crippen LogP contribution in [0.1, 0.15) is 31.2 Å². The zero-order chi connectivity index (χ0) is 17.6. The Hall–Kier alpha value is -2.62. The fourth-order valence-corrected chi connectivity index (χ4v) is 3.06. The topological polar surface area (TPSA) is 52.6 Å². The number of benzene rings is 2. The highest BCUT2D eigenvalue weighted by atomic mass is 16.5. The molecule has 0 spiro atoms. The second-order valence-electron chi connectivity index (χ2n) is 6.52. The third-order valence-corrected chi connectivity index (χ3v) is 4.59. The van der Waals surface area contributed by atoms with E-state index in [1.54, 1.807) is 24.3 Å². The van der Waals surface area contributed by atoms with Crippen LogP contribution < -0.4 is 9.47 Å². The smallest absolute Gasteiger partial charge is 0.314 e. The van der Waals surface area contributed by atoms with Crippen LogP contribution in [-0.4, -0.2) is 11.9 Å². The van der Waals surface area contributed by atoms with Crippen LogP contribution in [0, 0.1) is 18.8 Å². The molecule has 1 saturated carbocycles. The van der Waals surface area contributed by atoms with Gasteiger partial charge in [0.2, 0.25) is 0 Å². The maximum absolute atomic E-state index is 12.3. The fraction of sp³-hybridized carbons (Fsp3) is 0.333. The first-order chi connectivity index (χ1) is 12.1. The molecule has 2 aromatic carbocycles. The van der Waals surface area contributed by atoms with E-state index < -0.39 is 0 Å². The Kier molecular flexibility index (Phi) is 5.49. The molecular weight excluding hydrogens is 316 g/mol. The van der Waals surface area contributed by atoms with Crippen LogP contribution in [0.2, 0.25) is 0 Å². The van der Waals surface area contributed by atoms with E-state index >= 15 is 0 Å². The summed E-state index contributed by atoms with van der Waals surface area (Å²) in [7, 11) is 0. The SMILES string of the molecule is Cc1ccc(OC(=O)[C@H]2CC[C@H](C(=O)Oc3ccccc3)CC2)cc1. The van der Waals surface area contributed by atoms with E-state index in [0.29, 0.717) is 37.2 Å². The highest BCUT2D eigenvalue weighted by Gasteiger charge is 2.32. The van der Waals surface area contributed by atoms with Crippen molar-refractivity contribution < 1.29 is 19.1 Å². The van der Waals surface area contributed by atoms with Crippen molar-refractivity contribution in [2.75, 3.05) is 0 Å². The molecule has 0 unspecified atom stereocenters. The van der Waals surface area contributed by atoms with E-state index in [9.17, 15) is 9.59 Å². The van der Waals surface area contributed by atoms with Gasteiger partial charge in [-0.05, 0) is 56.9 Å². The molecule has 3 rings (SSSR count). The molecule has 0 aromatic heterocycles. The summed E-state index contributed by atoms with van der Waals surface area (Å²) < 4.78 is 10.8. The van der Waals surface area contributed by atoms with Crippen LogP contribution >= 0.6 is 0 Å². The summed E-state index contributed by atoms with van der Waals surface area (Å²) in [6, 6.07) is 16.5. The van der Waals surface area contributed by atoms with Crippen LogP contribution in [0.15, 0.2) is 54.6 Å². The molecule has 0 saturated heterocycles. The van der Waals surface area contributed by atoms with Crippen LogP contribution in [0.5, 0.6) is 11.5 Å². The van der Waals surface area contributed by atoms with Gasteiger partial charge in [0, 0.05) is 0 Å². The van der Waals surface area contributed by atoms with Gasteiger partial charge in [0.15, 0.2) is 0 Å². The van der Waals surface area contributed by atoms with Crippen molar-refractivity contribution in [1.29, 1.82) is 0 Å². The number of carbonyl (C=O) groups is 2. The van der Waals surface area contributed by atoms with Crippen molar-refractivity contribution in [2.45, 2.75) is 32.6 Å². The number of hydrogen-bond donors (Lipinski definition) is 0. The molecule has 4 nitrogen and oxygen atoms in total. The minimum atomic E-state index is -0.212. The van der Waals surface area contributed by atoms with Gasteiger partial charge in [-0.2, -0.15) is 0 Å². The van der Waals surface area contributed by atoms with E-state index in [1.165, 1.54) is 0 Å². The number of hydrogen-bond acceptors (Lipinski definition) is 4. The Morgan fingerprint density at radius 1 is 0.720 bits per heavy atom. The molecule has 0 amide bonds. The quantitative estimate of drug-likeness (QED) is 0.616. The molecule has 130 valence electrons. The van der Waals surface area contributed by atoms with E-state index in [2.05, 4.69) is 0 Å². The van der Waals surface area contributed by atoms with Crippen molar-refractivity contribution in [1.82, 2.24) is 0 Å². The standard InChI is InChI=1S/C21H22O4/c1-15-7-13-19(14-8-15)25-21(23)17-11-9-16(10-12-17)20(22)24-18-5-3-2-4-6-18/h2-8,13-14,16-17H,9-12H2,1H3/t16-,17-. The first-order valence-electron chi connectivity index (χ1n) is 8.67. The second kappa shape index (κ2) is 7.97. The summed E-state index contributed by atoms with van der Waals surface area (Å²) in [5, 5.41) is 0. The number of aryl methyl sites for hydroxylation is 1. The third-order valence-electron chi connectivity index (χ3n) is 4.59. The largest absolute Gasteiger partial charge is 0.426 e. The van der Waals surface area contributed by atoms with Crippen molar-refractivity contribution in [2.24, 2.45) is 11.8 Å². The Balaban J connectivity index is 1.48. The highest BCUT2D eigenvalue weighted by Crippen LogP contribution is 2.31. The van der Waals surface area contributed by atoms with Crippen LogP contribution in [0.25, 0.3) is 0 Å². The van der Waals surface area contributed by atoms with E-state index in [-0.39, 0.29) is 23.8 Å². The Labute approximate surface area is 147 Å². The molecule has 4 heteroatoms. The van der Waals surface area contributed by atoms with Crippen LogP contribution in [0.4, 0.5) is 0 Å². The molecule has 2 aromatic rings. The predicted molar refractivity (Wildman–Crippen MR) is 94.3 cm³/mol. The van der Waals surface area contributed by atoms with Gasteiger partial charge in [-0.25, -0.2) is 0 Å². The lowest BCUT2D eigenvalue weighted by Crippen LogP contribution is -2.30. The molecule has 1 aliphatic carbocycles. The Morgan fingerprint density at radius 2 is 1.16 bits per heavy atom. The molecule has 25 heavy (non-hydrogen) atoms. The minimum absolute atomic E-state index is 0.149. The van der Waals surface area contributed by atoms with Crippen LogP contribution in [-0.2, 0) is 9.59 Å². The summed E-state index contributed by atoms with van der Waals surface area (Å²) >= 11 is 0. The monoisotopic (exact) mass is 338 g/mol. The molecule has 0 radical (unpaired) electrons. The average molecular weight is 338 g/mol. The lowest BCUT2D eigenvalue weighted by molar-refractivity contribution is -0.145. The first-order valence-corrected chi connectivity index (χ1v) is 8.67. The van der Waals surface area contributed by atoms with Gasteiger partial charge in [0.1, 0.15) is 11.5 Å². The van der Waals surface area contributed by atoms with Crippen molar-refractivity contribution in [3.8, 4) is 11.5 Å². The molecule has 1 fully saturated rings. The molecule has 0 N–H and O–H groups in total. The predicted octanol–water partition coefficient (Wildman–Crippen LogP) is 4.31. The number of rotatable bonds is 4. The molecule has 0 bridgehead atoms. The average Bonchev–Trinajstić information content (AvgIpc) is 2.64. The van der Waals surface area contributed by atoms with Crippen LogP contribution in [0.3, 0.4) is 0 Å². The van der Waals surface area contributed by atoms with E-state index in [0.717, 1.165) is 5.56 Å². The fourth-order valence-electron chi connectivity index (χ4n) is 3.06. The first kappa shape index (κ1) is 17.2. The third kappa shape index (κ3) is 4.69. The minimum Gasteiger partial charge on any atom is -0.426 e. The van der Waals surface area contributed by atoms with Gasteiger partial charge in [0.25, 0.3) is 0 Å². The van der Waals surface area contributed by atoms with Crippen molar-refractivity contribution in [3.63, 3.8) is 0 Å². The van der Waals surface area contributed by atoms with Gasteiger partial charge in [-0.3, -0.25) is 9.59 Å². The zero-order valence-electron chi connectivity index (χ0n) is 14.3. The highest BCUT2D eigenvalue weighted by molar-refractivity contribution is 5.77. The normalized spacial score (nSPS) is 19.9. The molecule has 0 heterocycles. The van der Waals surface area contributed by atoms with Gasteiger partial charge in [-0.1, -0.05) is 35.9 Å². The van der Waals surface area contributed by atoms with E-state index in [1.807, 2.05) is 37.3 Å². The lowest BCUT2D eigenvalue weighted by Gasteiger charge is -2.25. The van der Waals surface area contributed by atoms with Crippen molar-refractivity contribution >= 4 is 11.9 Å². The van der Waals surface area contributed by atoms with Gasteiger partial charge in [0.05, 0.1) is 11.8 Å². The summed E-state index contributed by atoms with van der Waals surface area (Å²) in [6.07, 6.45) is 2.61. The van der Waals surface area contributed by atoms with Crippen molar-refractivity contribution in [3.05, 3.63) is 60.2 Å². The van der Waals surface area contributed by atoms with E-state index in [4.69, 9.17) is 9.47 Å².